The molecule has 0 spiro atoms. The Hall–Kier alpha value is -2.24. The summed E-state index contributed by atoms with van der Waals surface area (Å²) in [6, 6.07) is 0. The molecular formula is C13H14N4O2. The van der Waals surface area contributed by atoms with Crippen molar-refractivity contribution in [3.8, 4) is 0 Å². The Kier molecular flexibility index (Phi) is 2.98. The molecule has 19 heavy (non-hydrogen) atoms. The highest BCUT2D eigenvalue weighted by atomic mass is 16.5. The third-order valence-corrected chi connectivity index (χ3v) is 3.20. The summed E-state index contributed by atoms with van der Waals surface area (Å²) in [7, 11) is 0. The van der Waals surface area contributed by atoms with E-state index in [0.29, 0.717) is 5.88 Å². The molecule has 0 atom stereocenters. The van der Waals surface area contributed by atoms with Gasteiger partial charge in [0, 0.05) is 11.8 Å². The Morgan fingerprint density at radius 1 is 1.26 bits per heavy atom. The highest BCUT2D eigenvalue weighted by Crippen LogP contribution is 2.27. The minimum atomic E-state index is -0.322. The minimum Gasteiger partial charge on any atom is -0.338 e. The van der Waals surface area contributed by atoms with Crippen LogP contribution in [0.4, 0.5) is 5.88 Å². The van der Waals surface area contributed by atoms with E-state index in [4.69, 9.17) is 4.52 Å². The van der Waals surface area contributed by atoms with Crippen LogP contribution in [-0.2, 0) is 12.8 Å². The van der Waals surface area contributed by atoms with E-state index in [9.17, 15) is 4.79 Å². The Bertz CT molecular complexity index is 604. The molecule has 6 heteroatoms. The molecule has 1 aliphatic rings. The van der Waals surface area contributed by atoms with E-state index < -0.39 is 0 Å². The number of rotatable bonds is 2. The first kappa shape index (κ1) is 11.8. The number of anilines is 1. The van der Waals surface area contributed by atoms with Gasteiger partial charge in [-0.3, -0.25) is 15.1 Å². The Labute approximate surface area is 110 Å². The molecule has 0 fully saturated rings. The first-order valence-electron chi connectivity index (χ1n) is 6.31. The highest BCUT2D eigenvalue weighted by Gasteiger charge is 2.21. The molecule has 2 heterocycles. The average molecular weight is 258 g/mol. The van der Waals surface area contributed by atoms with Crippen LogP contribution < -0.4 is 5.32 Å². The van der Waals surface area contributed by atoms with Gasteiger partial charge in [0.25, 0.3) is 5.91 Å². The molecule has 1 amide bonds. The predicted octanol–water partition coefficient (Wildman–Crippen LogP) is 1.90. The second-order valence-electron chi connectivity index (χ2n) is 4.64. The lowest BCUT2D eigenvalue weighted by Crippen LogP contribution is -2.15. The Balaban J connectivity index is 1.79. The minimum absolute atomic E-state index is 0.270. The van der Waals surface area contributed by atoms with Crippen LogP contribution in [0.25, 0.3) is 0 Å². The SMILES string of the molecule is Cc1cnc(C(=O)Nc2onc3c2CCCC3)cn1. The number of aromatic nitrogens is 3. The lowest BCUT2D eigenvalue weighted by molar-refractivity contribution is 0.101. The van der Waals surface area contributed by atoms with Crippen LogP contribution in [0.2, 0.25) is 0 Å². The standard InChI is InChI=1S/C13H14N4O2/c1-8-6-15-11(7-14-8)12(18)16-13-9-4-2-3-5-10(9)17-19-13/h6-7H,2-5H2,1H3,(H,16,18). The van der Waals surface area contributed by atoms with Crippen molar-refractivity contribution >= 4 is 11.8 Å². The van der Waals surface area contributed by atoms with Crippen LogP contribution in [0, 0.1) is 6.92 Å². The van der Waals surface area contributed by atoms with Gasteiger partial charge in [-0.15, -0.1) is 0 Å². The fourth-order valence-corrected chi connectivity index (χ4v) is 2.17. The number of hydrogen-bond donors (Lipinski definition) is 1. The lowest BCUT2D eigenvalue weighted by Gasteiger charge is -2.09. The van der Waals surface area contributed by atoms with Crippen LogP contribution >= 0.6 is 0 Å². The maximum atomic E-state index is 12.0. The summed E-state index contributed by atoms with van der Waals surface area (Å²) in [5.41, 5.74) is 3.01. The van der Waals surface area contributed by atoms with Crippen LogP contribution in [0.15, 0.2) is 16.9 Å². The van der Waals surface area contributed by atoms with Crippen molar-refractivity contribution in [2.24, 2.45) is 0 Å². The number of aryl methyl sites for hydroxylation is 2. The summed E-state index contributed by atoms with van der Waals surface area (Å²) in [4.78, 5) is 20.1. The molecule has 0 saturated carbocycles. The predicted molar refractivity (Wildman–Crippen MR) is 67.9 cm³/mol. The van der Waals surface area contributed by atoms with Gasteiger partial charge in [-0.2, -0.15) is 0 Å². The van der Waals surface area contributed by atoms with Gasteiger partial charge >= 0.3 is 0 Å². The number of carbonyl (C=O) groups is 1. The van der Waals surface area contributed by atoms with Crippen LogP contribution in [-0.4, -0.2) is 21.0 Å². The Morgan fingerprint density at radius 2 is 2.11 bits per heavy atom. The van der Waals surface area contributed by atoms with E-state index in [2.05, 4.69) is 20.4 Å². The van der Waals surface area contributed by atoms with Gasteiger partial charge in [-0.25, -0.2) is 4.98 Å². The topological polar surface area (TPSA) is 80.9 Å². The number of carbonyl (C=O) groups excluding carboxylic acids is 1. The maximum Gasteiger partial charge on any atom is 0.278 e. The number of hydrogen-bond acceptors (Lipinski definition) is 5. The lowest BCUT2D eigenvalue weighted by atomic mass is 9.98. The van der Waals surface area contributed by atoms with Crippen LogP contribution in [0.5, 0.6) is 0 Å². The van der Waals surface area contributed by atoms with Crippen molar-refractivity contribution in [1.82, 2.24) is 15.1 Å². The van der Waals surface area contributed by atoms with Gasteiger partial charge in [-0.05, 0) is 32.6 Å². The molecule has 0 saturated heterocycles. The van der Waals surface area contributed by atoms with Gasteiger partial charge in [0.05, 0.1) is 17.6 Å². The van der Waals surface area contributed by atoms with E-state index >= 15 is 0 Å². The van der Waals surface area contributed by atoms with E-state index in [1.807, 2.05) is 6.92 Å². The molecule has 2 aromatic heterocycles. The zero-order valence-electron chi connectivity index (χ0n) is 10.6. The van der Waals surface area contributed by atoms with Crippen molar-refractivity contribution in [3.63, 3.8) is 0 Å². The van der Waals surface area contributed by atoms with Crippen molar-refractivity contribution in [2.75, 3.05) is 5.32 Å². The molecule has 0 aromatic carbocycles. The average Bonchev–Trinajstić information content (AvgIpc) is 2.83. The van der Waals surface area contributed by atoms with Gasteiger partial charge in [0.15, 0.2) is 0 Å². The summed E-state index contributed by atoms with van der Waals surface area (Å²) in [6.45, 7) is 1.82. The molecule has 1 aliphatic carbocycles. The summed E-state index contributed by atoms with van der Waals surface area (Å²) < 4.78 is 5.20. The molecule has 0 bridgehead atoms. The molecule has 98 valence electrons. The normalized spacial score (nSPS) is 13.9. The second-order valence-corrected chi connectivity index (χ2v) is 4.64. The van der Waals surface area contributed by atoms with E-state index in [-0.39, 0.29) is 11.6 Å². The molecule has 0 aliphatic heterocycles. The highest BCUT2D eigenvalue weighted by molar-refractivity contribution is 6.02. The van der Waals surface area contributed by atoms with E-state index in [1.165, 1.54) is 6.20 Å². The summed E-state index contributed by atoms with van der Waals surface area (Å²) in [5.74, 6) is 0.124. The molecule has 1 N–H and O–H groups in total. The van der Waals surface area contributed by atoms with Gasteiger partial charge in [0.1, 0.15) is 5.69 Å². The third kappa shape index (κ3) is 2.33. The smallest absolute Gasteiger partial charge is 0.278 e. The van der Waals surface area contributed by atoms with Crippen molar-refractivity contribution in [1.29, 1.82) is 0 Å². The van der Waals surface area contributed by atoms with Gasteiger partial charge < -0.3 is 4.52 Å². The molecular weight excluding hydrogens is 244 g/mol. The zero-order chi connectivity index (χ0) is 13.2. The fraction of sp³-hybridized carbons (Fsp3) is 0.385. The first-order valence-corrected chi connectivity index (χ1v) is 6.31. The molecule has 3 rings (SSSR count). The zero-order valence-corrected chi connectivity index (χ0v) is 10.6. The third-order valence-electron chi connectivity index (χ3n) is 3.20. The van der Waals surface area contributed by atoms with Crippen molar-refractivity contribution in [2.45, 2.75) is 32.6 Å². The molecule has 6 nitrogen and oxygen atoms in total. The monoisotopic (exact) mass is 258 g/mol. The number of fused-ring (bicyclic) bond motifs is 1. The van der Waals surface area contributed by atoms with E-state index in [0.717, 1.165) is 42.6 Å². The first-order chi connectivity index (χ1) is 9.24. The molecule has 2 aromatic rings. The molecule has 0 unspecified atom stereocenters. The van der Waals surface area contributed by atoms with Crippen LogP contribution in [0.3, 0.4) is 0 Å². The summed E-state index contributed by atoms with van der Waals surface area (Å²) >= 11 is 0. The fourth-order valence-electron chi connectivity index (χ4n) is 2.17. The number of nitrogens with one attached hydrogen (secondary N) is 1. The van der Waals surface area contributed by atoms with Crippen molar-refractivity contribution in [3.05, 3.63) is 35.0 Å². The summed E-state index contributed by atoms with van der Waals surface area (Å²) in [5, 5.41) is 6.71. The largest absolute Gasteiger partial charge is 0.338 e. The second kappa shape index (κ2) is 4.79. The quantitative estimate of drug-likeness (QED) is 0.889. The maximum absolute atomic E-state index is 12.0. The van der Waals surface area contributed by atoms with Crippen LogP contribution in [0.1, 0.15) is 40.3 Å². The number of amides is 1. The van der Waals surface area contributed by atoms with Gasteiger partial charge in [0.2, 0.25) is 5.88 Å². The Morgan fingerprint density at radius 3 is 2.89 bits per heavy atom. The molecule has 0 radical (unpaired) electrons. The summed E-state index contributed by atoms with van der Waals surface area (Å²) in [6.07, 6.45) is 7.04. The van der Waals surface area contributed by atoms with E-state index in [1.54, 1.807) is 6.20 Å². The number of nitrogens with zero attached hydrogens (tertiary/aromatic N) is 3. The van der Waals surface area contributed by atoms with Crippen molar-refractivity contribution < 1.29 is 9.32 Å². The van der Waals surface area contributed by atoms with Gasteiger partial charge in [-0.1, -0.05) is 5.16 Å².